The van der Waals surface area contributed by atoms with Gasteiger partial charge in [-0.1, -0.05) is 25.0 Å². The van der Waals surface area contributed by atoms with Crippen LogP contribution in [0.5, 0.6) is 0 Å². The van der Waals surface area contributed by atoms with E-state index in [1.54, 1.807) is 12.1 Å². The second-order valence-corrected chi connectivity index (χ2v) is 6.85. The number of carbonyl (C=O) groups excluding carboxylic acids is 1. The van der Waals surface area contributed by atoms with Gasteiger partial charge in [-0.3, -0.25) is 4.79 Å². The van der Waals surface area contributed by atoms with Gasteiger partial charge in [0.25, 0.3) is 0 Å². The fourth-order valence-electron chi connectivity index (χ4n) is 3.21. The fraction of sp³-hybridized carbons (Fsp3) is 0.353. The van der Waals surface area contributed by atoms with E-state index in [0.717, 1.165) is 31.2 Å². The van der Waals surface area contributed by atoms with Crippen LogP contribution in [0, 0.1) is 5.82 Å². The number of amides is 1. The van der Waals surface area contributed by atoms with E-state index >= 15 is 0 Å². The molecule has 1 amide bonds. The van der Waals surface area contributed by atoms with Gasteiger partial charge in [0.2, 0.25) is 5.91 Å². The molecular weight excluding hydrogens is 331 g/mol. The zero-order valence-corrected chi connectivity index (χ0v) is 13.7. The second kappa shape index (κ2) is 6.68. The van der Waals surface area contributed by atoms with Crippen molar-refractivity contribution in [2.75, 3.05) is 0 Å². The number of nitrogens with one attached hydrogen (secondary N) is 1. The summed E-state index contributed by atoms with van der Waals surface area (Å²) in [5.41, 5.74) is 0.170. The Morgan fingerprint density at radius 3 is 2.50 bits per heavy atom. The molecule has 0 spiro atoms. The molecule has 0 saturated heterocycles. The van der Waals surface area contributed by atoms with Crippen LogP contribution >= 0.6 is 11.3 Å². The first-order chi connectivity index (χ1) is 11.5. The number of carbonyl (C=O) groups is 2. The Labute approximate surface area is 142 Å². The minimum absolute atomic E-state index is 0.0154. The van der Waals surface area contributed by atoms with Crippen LogP contribution < -0.4 is 5.32 Å². The van der Waals surface area contributed by atoms with Gasteiger partial charge in [-0.15, -0.1) is 11.3 Å². The molecule has 0 unspecified atom stereocenters. The smallest absolute Gasteiger partial charge is 0.355 e. The van der Waals surface area contributed by atoms with Gasteiger partial charge in [-0.25, -0.2) is 14.2 Å². The van der Waals surface area contributed by atoms with Crippen LogP contribution in [0.25, 0.3) is 0 Å². The van der Waals surface area contributed by atoms with Gasteiger partial charge in [-0.2, -0.15) is 0 Å². The molecule has 2 N–H and O–H groups in total. The van der Waals surface area contributed by atoms with Crippen LogP contribution in [0.15, 0.2) is 29.6 Å². The molecule has 126 valence electrons. The normalized spacial score (nSPS) is 16.0. The van der Waals surface area contributed by atoms with Crippen LogP contribution in [0.3, 0.4) is 0 Å². The fourth-order valence-corrected chi connectivity index (χ4v) is 3.92. The third-order valence-corrected chi connectivity index (χ3v) is 5.31. The minimum atomic E-state index is -1.08. The Morgan fingerprint density at radius 1 is 1.25 bits per heavy atom. The lowest BCUT2D eigenvalue weighted by Crippen LogP contribution is -2.42. The summed E-state index contributed by atoms with van der Waals surface area (Å²) in [6.45, 7) is 0.194. The van der Waals surface area contributed by atoms with Gasteiger partial charge in [0.1, 0.15) is 10.8 Å². The molecule has 1 heterocycles. The highest BCUT2D eigenvalue weighted by Crippen LogP contribution is 2.41. The average molecular weight is 348 g/mol. The SMILES string of the molecule is O=C(O)c1csc(CNC(=O)C2(c3ccc(F)cc3)CCCC2)n1. The molecule has 0 radical (unpaired) electrons. The molecule has 1 saturated carbocycles. The average Bonchev–Trinajstić information content (AvgIpc) is 3.23. The molecule has 1 aromatic heterocycles. The predicted molar refractivity (Wildman–Crippen MR) is 87.5 cm³/mol. The predicted octanol–water partition coefficient (Wildman–Crippen LogP) is 3.11. The first-order valence-corrected chi connectivity index (χ1v) is 8.61. The number of rotatable bonds is 5. The van der Waals surface area contributed by atoms with E-state index in [2.05, 4.69) is 10.3 Å². The number of thiazole rings is 1. The van der Waals surface area contributed by atoms with Crippen molar-refractivity contribution in [2.24, 2.45) is 0 Å². The van der Waals surface area contributed by atoms with Crippen LogP contribution in [-0.4, -0.2) is 22.0 Å². The van der Waals surface area contributed by atoms with Gasteiger partial charge in [-0.05, 0) is 30.5 Å². The highest BCUT2D eigenvalue weighted by molar-refractivity contribution is 7.09. The van der Waals surface area contributed by atoms with Crippen molar-refractivity contribution in [1.82, 2.24) is 10.3 Å². The van der Waals surface area contributed by atoms with E-state index in [1.807, 2.05) is 0 Å². The molecule has 2 aromatic rings. The largest absolute Gasteiger partial charge is 0.476 e. The highest BCUT2D eigenvalue weighted by Gasteiger charge is 2.42. The van der Waals surface area contributed by atoms with Crippen LogP contribution in [0.2, 0.25) is 0 Å². The van der Waals surface area contributed by atoms with E-state index in [1.165, 1.54) is 28.8 Å². The van der Waals surface area contributed by atoms with Crippen molar-refractivity contribution in [2.45, 2.75) is 37.6 Å². The van der Waals surface area contributed by atoms with E-state index in [4.69, 9.17) is 5.11 Å². The van der Waals surface area contributed by atoms with Gasteiger partial charge in [0, 0.05) is 5.38 Å². The number of halogens is 1. The van der Waals surface area contributed by atoms with Crippen molar-refractivity contribution in [3.63, 3.8) is 0 Å². The second-order valence-electron chi connectivity index (χ2n) is 5.91. The van der Waals surface area contributed by atoms with E-state index in [-0.39, 0.29) is 24.0 Å². The maximum atomic E-state index is 13.2. The standard InChI is InChI=1S/C17H17FN2O3S/c18-12-5-3-11(4-6-12)17(7-1-2-8-17)16(23)19-9-14-20-13(10-24-14)15(21)22/h3-6,10H,1-2,7-9H2,(H,19,23)(H,21,22). The first-order valence-electron chi connectivity index (χ1n) is 7.73. The summed E-state index contributed by atoms with van der Waals surface area (Å²) in [4.78, 5) is 27.6. The number of nitrogens with zero attached hydrogens (tertiary/aromatic N) is 1. The summed E-state index contributed by atoms with van der Waals surface area (Å²) >= 11 is 1.20. The Kier molecular flexibility index (Phi) is 4.62. The number of carboxylic acids is 1. The summed E-state index contributed by atoms with van der Waals surface area (Å²) in [5.74, 6) is -1.52. The first kappa shape index (κ1) is 16.6. The van der Waals surface area contributed by atoms with E-state index in [9.17, 15) is 14.0 Å². The van der Waals surface area contributed by atoms with Gasteiger partial charge in [0.15, 0.2) is 5.69 Å². The van der Waals surface area contributed by atoms with Gasteiger partial charge >= 0.3 is 5.97 Å². The minimum Gasteiger partial charge on any atom is -0.476 e. The zero-order valence-electron chi connectivity index (χ0n) is 12.9. The van der Waals surface area contributed by atoms with Crippen molar-refractivity contribution < 1.29 is 19.1 Å². The van der Waals surface area contributed by atoms with Crippen molar-refractivity contribution in [1.29, 1.82) is 0 Å². The molecule has 24 heavy (non-hydrogen) atoms. The summed E-state index contributed by atoms with van der Waals surface area (Å²) in [5, 5.41) is 13.8. The summed E-state index contributed by atoms with van der Waals surface area (Å²) in [6, 6.07) is 6.10. The van der Waals surface area contributed by atoms with Crippen molar-refractivity contribution >= 4 is 23.2 Å². The third-order valence-electron chi connectivity index (χ3n) is 4.46. The highest BCUT2D eigenvalue weighted by atomic mass is 32.1. The van der Waals surface area contributed by atoms with E-state index in [0.29, 0.717) is 5.01 Å². The number of aromatic carboxylic acids is 1. The number of benzene rings is 1. The number of hydrogen-bond donors (Lipinski definition) is 2. The Hall–Kier alpha value is -2.28. The third kappa shape index (κ3) is 3.17. The Balaban J connectivity index is 1.75. The van der Waals surface area contributed by atoms with Crippen molar-refractivity contribution in [3.8, 4) is 0 Å². The molecule has 1 fully saturated rings. The summed E-state index contributed by atoms with van der Waals surface area (Å²) in [7, 11) is 0. The monoisotopic (exact) mass is 348 g/mol. The Bertz CT molecular complexity index is 751. The number of aromatic nitrogens is 1. The topological polar surface area (TPSA) is 79.3 Å². The van der Waals surface area contributed by atoms with Crippen molar-refractivity contribution in [3.05, 3.63) is 51.7 Å². The molecule has 1 aromatic carbocycles. The maximum Gasteiger partial charge on any atom is 0.355 e. The molecule has 1 aliphatic rings. The zero-order chi connectivity index (χ0) is 17.2. The molecule has 0 atom stereocenters. The van der Waals surface area contributed by atoms with Crippen LogP contribution in [0.4, 0.5) is 4.39 Å². The summed E-state index contributed by atoms with van der Waals surface area (Å²) in [6.07, 6.45) is 3.35. The molecule has 3 rings (SSSR count). The molecular formula is C17H17FN2O3S. The van der Waals surface area contributed by atoms with Gasteiger partial charge < -0.3 is 10.4 Å². The quantitative estimate of drug-likeness (QED) is 0.870. The molecule has 0 bridgehead atoms. The van der Waals surface area contributed by atoms with E-state index < -0.39 is 11.4 Å². The molecule has 0 aliphatic heterocycles. The van der Waals surface area contributed by atoms with Gasteiger partial charge in [0.05, 0.1) is 12.0 Å². The van der Waals surface area contributed by atoms with Crippen LogP contribution in [-0.2, 0) is 16.8 Å². The van der Waals surface area contributed by atoms with Crippen LogP contribution in [0.1, 0.15) is 46.7 Å². The lowest BCUT2D eigenvalue weighted by molar-refractivity contribution is -0.126. The number of hydrogen-bond acceptors (Lipinski definition) is 4. The lowest BCUT2D eigenvalue weighted by Gasteiger charge is -2.28. The number of carboxylic acid groups (broad SMARTS) is 1. The maximum absolute atomic E-state index is 13.2. The Morgan fingerprint density at radius 2 is 1.92 bits per heavy atom. The molecule has 7 heteroatoms. The molecule has 1 aliphatic carbocycles. The lowest BCUT2D eigenvalue weighted by atomic mass is 9.78. The summed E-state index contributed by atoms with van der Waals surface area (Å²) < 4.78 is 13.2. The molecule has 5 nitrogen and oxygen atoms in total.